The largest absolute Gasteiger partial charge is 0.467 e. The third-order valence-corrected chi connectivity index (χ3v) is 3.63. The highest BCUT2D eigenvalue weighted by atomic mass is 16.7. The third-order valence-electron chi connectivity index (χ3n) is 3.63. The van der Waals surface area contributed by atoms with Gasteiger partial charge >= 0.3 is 5.97 Å². The minimum Gasteiger partial charge on any atom is -0.467 e. The summed E-state index contributed by atoms with van der Waals surface area (Å²) in [5, 5.41) is 2.67. The zero-order chi connectivity index (χ0) is 18.4. The highest BCUT2D eigenvalue weighted by Crippen LogP contribution is 2.32. The van der Waals surface area contributed by atoms with Crippen molar-refractivity contribution < 1.29 is 23.8 Å². The van der Waals surface area contributed by atoms with Crippen LogP contribution in [-0.4, -0.2) is 31.8 Å². The lowest BCUT2D eigenvalue weighted by molar-refractivity contribution is -0.147. The van der Waals surface area contributed by atoms with E-state index >= 15 is 0 Å². The van der Waals surface area contributed by atoms with Gasteiger partial charge in [0.15, 0.2) is 11.5 Å². The van der Waals surface area contributed by atoms with E-state index in [4.69, 9.17) is 14.2 Å². The molecule has 1 amide bonds. The Morgan fingerprint density at radius 1 is 1.20 bits per heavy atom. The highest BCUT2D eigenvalue weighted by Gasteiger charge is 2.33. The van der Waals surface area contributed by atoms with Gasteiger partial charge in [0.2, 0.25) is 12.7 Å². The fourth-order valence-electron chi connectivity index (χ4n) is 2.26. The predicted octanol–water partition coefficient (Wildman–Crippen LogP) is 2.69. The first-order valence-corrected chi connectivity index (χ1v) is 7.94. The molecule has 0 saturated heterocycles. The number of carbonyl (C=O) groups excluding carboxylic acids is 2. The van der Waals surface area contributed by atoms with Crippen molar-refractivity contribution in [2.45, 2.75) is 26.8 Å². The Bertz CT molecular complexity index is 700. The van der Waals surface area contributed by atoms with Crippen LogP contribution in [0.1, 0.15) is 26.3 Å². The standard InChI is InChI=1S/C19H23NO5/c1-19(2,3)17(18(22)23-4)20-16(21)8-6-5-7-13-9-10-14-15(11-13)25-12-24-14/h5-11,17H,12H2,1-4H3,(H,20,21)/b7-5+,8-6+/t17-/m1/s1. The van der Waals surface area contributed by atoms with Crippen molar-refractivity contribution in [2.24, 2.45) is 5.41 Å². The second kappa shape index (κ2) is 7.88. The molecule has 0 fully saturated rings. The summed E-state index contributed by atoms with van der Waals surface area (Å²) in [6.07, 6.45) is 6.55. The molecule has 6 nitrogen and oxygen atoms in total. The number of benzene rings is 1. The maximum atomic E-state index is 12.0. The summed E-state index contributed by atoms with van der Waals surface area (Å²) < 4.78 is 15.3. The Kier molecular flexibility index (Phi) is 5.85. The number of hydrogen-bond donors (Lipinski definition) is 1. The lowest BCUT2D eigenvalue weighted by Crippen LogP contribution is -2.49. The topological polar surface area (TPSA) is 73.9 Å². The van der Waals surface area contributed by atoms with Crippen molar-refractivity contribution in [3.63, 3.8) is 0 Å². The van der Waals surface area contributed by atoms with E-state index in [1.807, 2.05) is 45.0 Å². The van der Waals surface area contributed by atoms with E-state index in [-0.39, 0.29) is 12.7 Å². The van der Waals surface area contributed by atoms with Crippen molar-refractivity contribution in [1.29, 1.82) is 0 Å². The van der Waals surface area contributed by atoms with Crippen LogP contribution in [0.2, 0.25) is 0 Å². The number of esters is 1. The Morgan fingerprint density at radius 3 is 2.60 bits per heavy atom. The molecule has 0 aromatic heterocycles. The van der Waals surface area contributed by atoms with Gasteiger partial charge in [-0.05, 0) is 23.1 Å². The summed E-state index contributed by atoms with van der Waals surface area (Å²) in [6.45, 7) is 5.81. The van der Waals surface area contributed by atoms with E-state index in [1.54, 1.807) is 12.2 Å². The van der Waals surface area contributed by atoms with Gasteiger partial charge in [0.25, 0.3) is 0 Å². The Hall–Kier alpha value is -2.76. The van der Waals surface area contributed by atoms with Crippen LogP contribution in [0, 0.1) is 5.41 Å². The SMILES string of the molecule is COC(=O)[C@@H](NC(=O)/C=C/C=C/c1ccc2c(c1)OCO2)C(C)(C)C. The van der Waals surface area contributed by atoms with Crippen LogP contribution < -0.4 is 14.8 Å². The quantitative estimate of drug-likeness (QED) is 0.505. The molecule has 0 radical (unpaired) electrons. The third kappa shape index (κ3) is 5.11. The van der Waals surface area contributed by atoms with Crippen LogP contribution in [0.25, 0.3) is 6.08 Å². The van der Waals surface area contributed by atoms with Crippen LogP contribution in [0.15, 0.2) is 36.4 Å². The zero-order valence-corrected chi connectivity index (χ0v) is 14.9. The first-order valence-electron chi connectivity index (χ1n) is 7.94. The zero-order valence-electron chi connectivity index (χ0n) is 14.9. The molecule has 1 aliphatic rings. The average Bonchev–Trinajstić information content (AvgIpc) is 3.02. The minimum absolute atomic E-state index is 0.234. The molecule has 0 saturated carbocycles. The highest BCUT2D eigenvalue weighted by molar-refractivity contribution is 5.92. The fraction of sp³-hybridized carbons (Fsp3) is 0.368. The molecule has 1 atom stereocenters. The number of carbonyl (C=O) groups is 2. The Morgan fingerprint density at radius 2 is 1.92 bits per heavy atom. The van der Waals surface area contributed by atoms with Gasteiger partial charge < -0.3 is 19.5 Å². The normalized spacial score (nSPS) is 14.7. The molecular weight excluding hydrogens is 322 g/mol. The van der Waals surface area contributed by atoms with Crippen molar-refractivity contribution in [3.8, 4) is 11.5 Å². The molecule has 1 N–H and O–H groups in total. The maximum absolute atomic E-state index is 12.0. The summed E-state index contributed by atoms with van der Waals surface area (Å²) in [5.41, 5.74) is 0.482. The van der Waals surface area contributed by atoms with Gasteiger partial charge in [-0.3, -0.25) is 4.79 Å². The first-order chi connectivity index (χ1) is 11.8. The van der Waals surface area contributed by atoms with Crippen LogP contribution >= 0.6 is 0 Å². The van der Waals surface area contributed by atoms with E-state index in [0.29, 0.717) is 5.75 Å². The Balaban J connectivity index is 1.94. The van der Waals surface area contributed by atoms with Crippen molar-refractivity contribution >= 4 is 18.0 Å². The molecule has 0 spiro atoms. The first kappa shape index (κ1) is 18.6. The molecule has 6 heteroatoms. The fourth-order valence-corrected chi connectivity index (χ4v) is 2.26. The van der Waals surface area contributed by atoms with Crippen LogP contribution in [0.3, 0.4) is 0 Å². The number of fused-ring (bicyclic) bond motifs is 1. The van der Waals surface area contributed by atoms with E-state index in [0.717, 1.165) is 11.3 Å². The van der Waals surface area contributed by atoms with E-state index in [1.165, 1.54) is 13.2 Å². The second-order valence-corrected chi connectivity index (χ2v) is 6.66. The number of ether oxygens (including phenoxy) is 3. The molecule has 1 aliphatic heterocycles. The summed E-state index contributed by atoms with van der Waals surface area (Å²) >= 11 is 0. The minimum atomic E-state index is -0.715. The van der Waals surface area contributed by atoms with Gasteiger partial charge in [0.1, 0.15) is 6.04 Å². The number of nitrogens with one attached hydrogen (secondary N) is 1. The summed E-state index contributed by atoms with van der Waals surface area (Å²) in [5.74, 6) is 0.601. The molecule has 1 heterocycles. The number of methoxy groups -OCH3 is 1. The smallest absolute Gasteiger partial charge is 0.328 e. The summed E-state index contributed by atoms with van der Waals surface area (Å²) in [7, 11) is 1.30. The van der Waals surface area contributed by atoms with Gasteiger partial charge in [-0.25, -0.2) is 4.79 Å². The van der Waals surface area contributed by atoms with Crippen molar-refractivity contribution in [2.75, 3.05) is 13.9 Å². The molecule has 2 rings (SSSR count). The van der Waals surface area contributed by atoms with Gasteiger partial charge in [-0.1, -0.05) is 45.1 Å². The van der Waals surface area contributed by atoms with E-state index in [2.05, 4.69) is 5.32 Å². The second-order valence-electron chi connectivity index (χ2n) is 6.66. The number of hydrogen-bond acceptors (Lipinski definition) is 5. The van der Waals surface area contributed by atoms with Crippen molar-refractivity contribution in [1.82, 2.24) is 5.32 Å². The predicted molar refractivity (Wildman–Crippen MR) is 94.1 cm³/mol. The molecule has 1 aromatic carbocycles. The van der Waals surface area contributed by atoms with Gasteiger partial charge in [-0.15, -0.1) is 0 Å². The lowest BCUT2D eigenvalue weighted by atomic mass is 9.86. The van der Waals surface area contributed by atoms with E-state index in [9.17, 15) is 9.59 Å². The lowest BCUT2D eigenvalue weighted by Gasteiger charge is -2.28. The molecule has 0 unspecified atom stereocenters. The summed E-state index contributed by atoms with van der Waals surface area (Å²) in [4.78, 5) is 23.8. The molecule has 25 heavy (non-hydrogen) atoms. The van der Waals surface area contributed by atoms with Gasteiger partial charge in [0.05, 0.1) is 7.11 Å². The monoisotopic (exact) mass is 345 g/mol. The van der Waals surface area contributed by atoms with Gasteiger partial charge in [-0.2, -0.15) is 0 Å². The van der Waals surface area contributed by atoms with Crippen LogP contribution in [0.5, 0.6) is 11.5 Å². The van der Waals surface area contributed by atoms with Gasteiger partial charge in [0, 0.05) is 6.08 Å². The van der Waals surface area contributed by atoms with Crippen LogP contribution in [0.4, 0.5) is 0 Å². The number of rotatable bonds is 5. The molecule has 134 valence electrons. The van der Waals surface area contributed by atoms with Crippen molar-refractivity contribution in [3.05, 3.63) is 42.0 Å². The number of allylic oxidation sites excluding steroid dienone is 2. The average molecular weight is 345 g/mol. The summed E-state index contributed by atoms with van der Waals surface area (Å²) in [6, 6.07) is 4.88. The molecular formula is C19H23NO5. The molecule has 1 aromatic rings. The number of amides is 1. The Labute approximate surface area is 147 Å². The van der Waals surface area contributed by atoms with Crippen LogP contribution in [-0.2, 0) is 14.3 Å². The van der Waals surface area contributed by atoms with E-state index < -0.39 is 17.4 Å². The molecule has 0 bridgehead atoms. The molecule has 0 aliphatic carbocycles. The maximum Gasteiger partial charge on any atom is 0.328 e.